The fraction of sp³-hybridized carbons (Fsp3) is 0.650. The van der Waals surface area contributed by atoms with Crippen molar-refractivity contribution in [3.8, 4) is 0 Å². The van der Waals surface area contributed by atoms with Gasteiger partial charge < -0.3 is 4.74 Å². The summed E-state index contributed by atoms with van der Waals surface area (Å²) in [7, 11) is 0. The van der Waals surface area contributed by atoms with Gasteiger partial charge in [0.2, 0.25) is 0 Å². The monoisotopic (exact) mass is 306 g/mol. The minimum atomic E-state index is -0.225. The highest BCUT2D eigenvalue weighted by Crippen LogP contribution is 2.29. The first kappa shape index (κ1) is 20.7. The Labute approximate surface area is 137 Å². The van der Waals surface area contributed by atoms with Crippen LogP contribution in [0.1, 0.15) is 74.1 Å². The van der Waals surface area contributed by atoms with Gasteiger partial charge in [0.25, 0.3) is 0 Å². The first-order valence-corrected chi connectivity index (χ1v) is 8.33. The molecule has 0 aliphatic carbocycles. The zero-order valence-electron chi connectivity index (χ0n) is 15.6. The van der Waals surface area contributed by atoms with Gasteiger partial charge in [-0.05, 0) is 58.8 Å². The molecule has 0 saturated heterocycles. The molecular weight excluding hydrogens is 272 g/mol. The number of rotatable bonds is 8. The van der Waals surface area contributed by atoms with Gasteiger partial charge in [0.15, 0.2) is 0 Å². The molecule has 0 spiro atoms. The summed E-state index contributed by atoms with van der Waals surface area (Å²) in [4.78, 5) is 11.7. The Hall–Kier alpha value is -1.31. The third kappa shape index (κ3) is 10.4. The Morgan fingerprint density at radius 3 is 2.09 bits per heavy atom. The molecule has 0 unspecified atom stereocenters. The molecule has 0 bridgehead atoms. The van der Waals surface area contributed by atoms with Crippen molar-refractivity contribution in [1.29, 1.82) is 0 Å². The summed E-state index contributed by atoms with van der Waals surface area (Å²) in [5.41, 5.74) is 3.94. The molecule has 0 saturated carbocycles. The highest BCUT2D eigenvalue weighted by Gasteiger charge is 2.17. The summed E-state index contributed by atoms with van der Waals surface area (Å²) in [5.74, 6) is -0.225. The molecule has 0 aliphatic rings. The predicted octanol–water partition coefficient (Wildman–Crippen LogP) is 5.99. The van der Waals surface area contributed by atoms with Gasteiger partial charge in [0.05, 0.1) is 6.61 Å². The van der Waals surface area contributed by atoms with Crippen LogP contribution in [0.2, 0.25) is 0 Å². The molecule has 0 aromatic carbocycles. The third-order valence-corrected chi connectivity index (χ3v) is 3.54. The minimum absolute atomic E-state index is 0.00341. The lowest BCUT2D eigenvalue weighted by atomic mass is 9.83. The van der Waals surface area contributed by atoms with Gasteiger partial charge in [-0.1, -0.05) is 49.6 Å². The lowest BCUT2D eigenvalue weighted by molar-refractivity contribution is -0.137. The number of carbonyl (C=O) groups excluding carboxylic acids is 1. The molecule has 22 heavy (non-hydrogen) atoms. The van der Waals surface area contributed by atoms with Crippen molar-refractivity contribution in [3.05, 3.63) is 34.9 Å². The number of carbonyl (C=O) groups is 1. The van der Waals surface area contributed by atoms with Gasteiger partial charge in [-0.3, -0.25) is 0 Å². The van der Waals surface area contributed by atoms with Gasteiger partial charge in [-0.15, -0.1) is 0 Å². The third-order valence-electron chi connectivity index (χ3n) is 3.54. The van der Waals surface area contributed by atoms with Crippen LogP contribution in [0.3, 0.4) is 0 Å². The van der Waals surface area contributed by atoms with Crippen molar-refractivity contribution in [3.63, 3.8) is 0 Å². The Bertz CT molecular complexity index is 427. The summed E-state index contributed by atoms with van der Waals surface area (Å²) in [6.45, 7) is 15.1. The van der Waals surface area contributed by atoms with Crippen LogP contribution >= 0.6 is 0 Å². The predicted molar refractivity (Wildman–Crippen MR) is 95.8 cm³/mol. The van der Waals surface area contributed by atoms with E-state index in [2.05, 4.69) is 53.7 Å². The van der Waals surface area contributed by atoms with Gasteiger partial charge >= 0.3 is 5.97 Å². The molecule has 2 heteroatoms. The summed E-state index contributed by atoms with van der Waals surface area (Å²) in [5, 5.41) is 0. The Kier molecular flexibility index (Phi) is 9.80. The highest BCUT2D eigenvalue weighted by molar-refractivity contribution is 5.83. The van der Waals surface area contributed by atoms with Crippen LogP contribution in [0.5, 0.6) is 0 Å². The first-order valence-electron chi connectivity index (χ1n) is 8.33. The fourth-order valence-electron chi connectivity index (χ4n) is 2.15. The van der Waals surface area contributed by atoms with Crippen molar-refractivity contribution in [2.45, 2.75) is 74.1 Å². The lowest BCUT2D eigenvalue weighted by Crippen LogP contribution is -2.12. The lowest BCUT2D eigenvalue weighted by Gasteiger charge is -2.22. The molecular formula is C20H34O2. The number of allylic oxidation sites excluding steroid dienone is 5. The molecule has 0 aliphatic heterocycles. The summed E-state index contributed by atoms with van der Waals surface area (Å²) >= 11 is 0. The second kappa shape index (κ2) is 10.4. The topological polar surface area (TPSA) is 26.3 Å². The SMILES string of the molecule is CCOC(=O)/C=C(/CC/C=C(\C)CCC=C(C)C)C(C)(C)C. The van der Waals surface area contributed by atoms with Crippen LogP contribution < -0.4 is 0 Å². The van der Waals surface area contributed by atoms with Crippen LogP contribution in [0.15, 0.2) is 34.9 Å². The van der Waals surface area contributed by atoms with Gasteiger partial charge in [-0.2, -0.15) is 0 Å². The molecule has 2 nitrogen and oxygen atoms in total. The van der Waals surface area contributed by atoms with Crippen LogP contribution in [-0.4, -0.2) is 12.6 Å². The van der Waals surface area contributed by atoms with E-state index >= 15 is 0 Å². The summed E-state index contributed by atoms with van der Waals surface area (Å²) in [6, 6.07) is 0. The quantitative estimate of drug-likeness (QED) is 0.312. The average Bonchev–Trinajstić information content (AvgIpc) is 2.36. The Morgan fingerprint density at radius 1 is 1.00 bits per heavy atom. The van der Waals surface area contributed by atoms with E-state index in [0.29, 0.717) is 6.61 Å². The second-order valence-electron chi connectivity index (χ2n) is 7.08. The molecule has 0 aromatic heterocycles. The summed E-state index contributed by atoms with van der Waals surface area (Å²) in [6.07, 6.45) is 10.3. The summed E-state index contributed by atoms with van der Waals surface area (Å²) < 4.78 is 5.03. The van der Waals surface area contributed by atoms with Crippen molar-refractivity contribution < 1.29 is 9.53 Å². The zero-order valence-corrected chi connectivity index (χ0v) is 15.6. The molecule has 0 rings (SSSR count). The van der Waals surface area contributed by atoms with Crippen LogP contribution in [-0.2, 0) is 9.53 Å². The van der Waals surface area contributed by atoms with Crippen molar-refractivity contribution in [2.75, 3.05) is 6.61 Å². The average molecular weight is 306 g/mol. The van der Waals surface area contributed by atoms with E-state index in [1.807, 2.05) is 6.92 Å². The van der Waals surface area contributed by atoms with Gasteiger partial charge in [-0.25, -0.2) is 4.79 Å². The molecule has 126 valence electrons. The molecule has 0 atom stereocenters. The minimum Gasteiger partial charge on any atom is -0.463 e. The molecule has 0 amide bonds. The molecule has 0 fully saturated rings. The highest BCUT2D eigenvalue weighted by atomic mass is 16.5. The van der Waals surface area contributed by atoms with Crippen LogP contribution in [0, 0.1) is 5.41 Å². The van der Waals surface area contributed by atoms with Crippen LogP contribution in [0.4, 0.5) is 0 Å². The smallest absolute Gasteiger partial charge is 0.330 e. The molecule has 0 radical (unpaired) electrons. The van der Waals surface area contributed by atoms with E-state index in [-0.39, 0.29) is 11.4 Å². The standard InChI is InChI=1S/C20H34O2/c1-8-22-19(21)15-18(20(5,6)7)14-10-13-17(4)12-9-11-16(2)3/h11,13,15H,8-10,12,14H2,1-7H3/b17-13+,18-15-. The maximum Gasteiger partial charge on any atom is 0.330 e. The number of hydrogen-bond acceptors (Lipinski definition) is 2. The van der Waals surface area contributed by atoms with E-state index in [9.17, 15) is 4.79 Å². The van der Waals surface area contributed by atoms with Gasteiger partial charge in [0.1, 0.15) is 0 Å². The second-order valence-corrected chi connectivity index (χ2v) is 7.08. The molecule has 0 N–H and O–H groups in total. The molecule has 0 aromatic rings. The number of ether oxygens (including phenoxy) is 1. The normalized spacial score (nSPS) is 13.0. The van der Waals surface area contributed by atoms with Crippen LogP contribution in [0.25, 0.3) is 0 Å². The van der Waals surface area contributed by atoms with E-state index in [0.717, 1.165) is 31.3 Å². The fourth-order valence-corrected chi connectivity index (χ4v) is 2.15. The molecule has 0 heterocycles. The Balaban J connectivity index is 4.58. The van der Waals surface area contributed by atoms with Crippen molar-refractivity contribution in [1.82, 2.24) is 0 Å². The van der Waals surface area contributed by atoms with Crippen molar-refractivity contribution >= 4 is 5.97 Å². The van der Waals surface area contributed by atoms with E-state index < -0.39 is 0 Å². The van der Waals surface area contributed by atoms with Crippen molar-refractivity contribution in [2.24, 2.45) is 5.41 Å². The zero-order chi connectivity index (χ0) is 17.2. The largest absolute Gasteiger partial charge is 0.463 e. The maximum atomic E-state index is 11.7. The Morgan fingerprint density at radius 2 is 1.59 bits per heavy atom. The first-order chi connectivity index (χ1) is 10.2. The number of esters is 1. The maximum absolute atomic E-state index is 11.7. The van der Waals surface area contributed by atoms with Gasteiger partial charge in [0, 0.05) is 6.08 Å². The number of hydrogen-bond donors (Lipinski definition) is 0. The van der Waals surface area contributed by atoms with E-state index in [4.69, 9.17) is 4.74 Å². The van der Waals surface area contributed by atoms with E-state index in [1.54, 1.807) is 6.08 Å². The van der Waals surface area contributed by atoms with E-state index in [1.165, 1.54) is 11.1 Å².